The van der Waals surface area contributed by atoms with Crippen molar-refractivity contribution in [2.24, 2.45) is 7.05 Å². The van der Waals surface area contributed by atoms with E-state index in [0.29, 0.717) is 10.2 Å². The molecule has 0 aromatic carbocycles. The monoisotopic (exact) mass is 197 g/mol. The molecule has 5 nitrogen and oxygen atoms in total. The van der Waals surface area contributed by atoms with Gasteiger partial charge in [-0.3, -0.25) is 9.36 Å². The molecule has 0 unspecified atom stereocenters. The summed E-state index contributed by atoms with van der Waals surface area (Å²) in [6.07, 6.45) is 0. The summed E-state index contributed by atoms with van der Waals surface area (Å²) in [4.78, 5) is 22.8. The highest BCUT2D eigenvalue weighted by molar-refractivity contribution is 7.17. The van der Waals surface area contributed by atoms with Crippen LogP contribution in [0.2, 0.25) is 0 Å². The van der Waals surface area contributed by atoms with Crippen LogP contribution in [0, 0.1) is 0 Å². The first kappa shape index (κ1) is 8.06. The standard InChI is InChI=1S/C7H7N3O2S/c1-9-6(11)5-4(2-3-13-5)10(8)7(9)12/h2-3H,8H2,1H3. The molecule has 0 aliphatic carbocycles. The molecule has 0 saturated carbocycles. The van der Waals surface area contributed by atoms with E-state index in [4.69, 9.17) is 5.84 Å². The van der Waals surface area contributed by atoms with E-state index >= 15 is 0 Å². The quantitative estimate of drug-likeness (QED) is 0.577. The molecule has 0 atom stereocenters. The molecule has 2 aromatic heterocycles. The Morgan fingerprint density at radius 1 is 1.46 bits per heavy atom. The van der Waals surface area contributed by atoms with Gasteiger partial charge in [0.2, 0.25) is 0 Å². The molecule has 0 aliphatic rings. The third-order valence-corrected chi connectivity index (χ3v) is 2.79. The molecule has 0 bridgehead atoms. The van der Waals surface area contributed by atoms with Gasteiger partial charge in [0.15, 0.2) is 0 Å². The maximum Gasteiger partial charge on any atom is 0.349 e. The molecule has 0 aliphatic heterocycles. The van der Waals surface area contributed by atoms with Gasteiger partial charge in [-0.2, -0.15) is 0 Å². The number of nitrogen functional groups attached to an aromatic ring is 1. The summed E-state index contributed by atoms with van der Waals surface area (Å²) in [5, 5.41) is 1.73. The van der Waals surface area contributed by atoms with Crippen molar-refractivity contribution in [3.8, 4) is 0 Å². The van der Waals surface area contributed by atoms with Crippen molar-refractivity contribution < 1.29 is 0 Å². The van der Waals surface area contributed by atoms with E-state index < -0.39 is 5.69 Å². The zero-order valence-corrected chi connectivity index (χ0v) is 7.67. The second-order valence-electron chi connectivity index (χ2n) is 2.65. The van der Waals surface area contributed by atoms with E-state index in [-0.39, 0.29) is 5.56 Å². The van der Waals surface area contributed by atoms with Gasteiger partial charge >= 0.3 is 5.69 Å². The van der Waals surface area contributed by atoms with Crippen molar-refractivity contribution in [2.75, 3.05) is 5.84 Å². The minimum absolute atomic E-state index is 0.295. The van der Waals surface area contributed by atoms with E-state index in [1.807, 2.05) is 0 Å². The highest BCUT2D eigenvalue weighted by atomic mass is 32.1. The second-order valence-corrected chi connectivity index (χ2v) is 3.57. The van der Waals surface area contributed by atoms with E-state index in [0.717, 1.165) is 9.24 Å². The topological polar surface area (TPSA) is 70.0 Å². The summed E-state index contributed by atoms with van der Waals surface area (Å²) in [5.41, 5.74) is -0.314. The van der Waals surface area contributed by atoms with Crippen LogP contribution >= 0.6 is 11.3 Å². The van der Waals surface area contributed by atoms with E-state index in [1.54, 1.807) is 11.4 Å². The fourth-order valence-electron chi connectivity index (χ4n) is 1.16. The zero-order valence-electron chi connectivity index (χ0n) is 6.85. The first-order valence-electron chi connectivity index (χ1n) is 3.57. The Hall–Kier alpha value is -1.56. The number of hydrogen-bond donors (Lipinski definition) is 1. The molecule has 2 heterocycles. The zero-order chi connectivity index (χ0) is 9.59. The van der Waals surface area contributed by atoms with Crippen molar-refractivity contribution in [1.82, 2.24) is 9.24 Å². The fraction of sp³-hybridized carbons (Fsp3) is 0.143. The second kappa shape index (κ2) is 2.46. The molecular weight excluding hydrogens is 190 g/mol. The van der Waals surface area contributed by atoms with Crippen molar-refractivity contribution in [3.63, 3.8) is 0 Å². The van der Waals surface area contributed by atoms with Crippen molar-refractivity contribution in [2.45, 2.75) is 0 Å². The van der Waals surface area contributed by atoms with E-state index in [2.05, 4.69) is 0 Å². The molecule has 0 fully saturated rings. The van der Waals surface area contributed by atoms with E-state index in [9.17, 15) is 9.59 Å². The summed E-state index contributed by atoms with van der Waals surface area (Å²) in [6, 6.07) is 1.66. The lowest BCUT2D eigenvalue weighted by molar-refractivity contribution is 0.739. The Morgan fingerprint density at radius 2 is 2.15 bits per heavy atom. The average molecular weight is 197 g/mol. The first-order valence-corrected chi connectivity index (χ1v) is 4.45. The summed E-state index contributed by atoms with van der Waals surface area (Å²) < 4.78 is 2.48. The fourth-order valence-corrected chi connectivity index (χ4v) is 2.01. The highest BCUT2D eigenvalue weighted by Gasteiger charge is 2.08. The Morgan fingerprint density at radius 3 is 2.85 bits per heavy atom. The van der Waals surface area contributed by atoms with Gasteiger partial charge in [-0.15, -0.1) is 11.3 Å². The van der Waals surface area contributed by atoms with Crippen LogP contribution in [0.1, 0.15) is 0 Å². The van der Waals surface area contributed by atoms with Crippen LogP contribution in [-0.4, -0.2) is 9.24 Å². The molecule has 2 N–H and O–H groups in total. The van der Waals surface area contributed by atoms with Gasteiger partial charge in [-0.1, -0.05) is 0 Å². The summed E-state index contributed by atoms with van der Waals surface area (Å²) in [7, 11) is 1.41. The third kappa shape index (κ3) is 0.919. The van der Waals surface area contributed by atoms with Crippen LogP contribution in [-0.2, 0) is 7.05 Å². The molecule has 6 heteroatoms. The Bertz CT molecular complexity index is 577. The predicted octanol–water partition coefficient (Wildman–Crippen LogP) is -0.525. The number of rotatable bonds is 0. The van der Waals surface area contributed by atoms with Crippen LogP contribution in [0.5, 0.6) is 0 Å². The molecule has 0 radical (unpaired) electrons. The SMILES string of the molecule is Cn1c(=O)c2sccc2n(N)c1=O. The highest BCUT2D eigenvalue weighted by Crippen LogP contribution is 2.12. The van der Waals surface area contributed by atoms with E-state index in [1.165, 1.54) is 18.4 Å². The number of thiophene rings is 1. The van der Waals surface area contributed by atoms with Crippen LogP contribution in [0.4, 0.5) is 0 Å². The summed E-state index contributed by atoms with van der Waals surface area (Å²) in [5.74, 6) is 5.48. The molecule has 0 amide bonds. The third-order valence-electron chi connectivity index (χ3n) is 1.90. The molecule has 0 spiro atoms. The van der Waals surface area contributed by atoms with Crippen molar-refractivity contribution in [1.29, 1.82) is 0 Å². The van der Waals surface area contributed by atoms with Crippen molar-refractivity contribution in [3.05, 3.63) is 32.3 Å². The number of nitrogens with two attached hydrogens (primary N) is 1. The molecule has 2 rings (SSSR count). The van der Waals surface area contributed by atoms with Crippen LogP contribution < -0.4 is 17.1 Å². The molecular formula is C7H7N3O2S. The number of aromatic nitrogens is 2. The Kier molecular flexibility index (Phi) is 1.53. The minimum atomic E-state index is -0.504. The Balaban J connectivity index is 3.21. The van der Waals surface area contributed by atoms with Crippen LogP contribution in [0.25, 0.3) is 10.2 Å². The summed E-state index contributed by atoms with van der Waals surface area (Å²) >= 11 is 1.28. The normalized spacial score (nSPS) is 10.8. The maximum atomic E-state index is 11.5. The largest absolute Gasteiger partial charge is 0.349 e. The molecule has 13 heavy (non-hydrogen) atoms. The lowest BCUT2D eigenvalue weighted by atomic mass is 10.5. The van der Waals surface area contributed by atoms with Crippen LogP contribution in [0.3, 0.4) is 0 Å². The maximum absolute atomic E-state index is 11.5. The smallest absolute Gasteiger partial charge is 0.335 e. The van der Waals surface area contributed by atoms with Gasteiger partial charge in [0.05, 0.1) is 5.52 Å². The average Bonchev–Trinajstić information content (AvgIpc) is 2.59. The minimum Gasteiger partial charge on any atom is -0.335 e. The van der Waals surface area contributed by atoms with Gasteiger partial charge in [0, 0.05) is 7.05 Å². The number of fused-ring (bicyclic) bond motifs is 1. The lowest BCUT2D eigenvalue weighted by Crippen LogP contribution is -2.40. The van der Waals surface area contributed by atoms with Crippen LogP contribution in [0.15, 0.2) is 21.0 Å². The summed E-state index contributed by atoms with van der Waals surface area (Å²) in [6.45, 7) is 0. The number of hydrogen-bond acceptors (Lipinski definition) is 4. The number of nitrogens with zero attached hydrogens (tertiary/aromatic N) is 2. The van der Waals surface area contributed by atoms with Crippen molar-refractivity contribution >= 4 is 21.6 Å². The molecule has 2 aromatic rings. The molecule has 0 saturated heterocycles. The molecule has 68 valence electrons. The first-order chi connectivity index (χ1) is 6.13. The van der Waals surface area contributed by atoms with Gasteiger partial charge in [-0.05, 0) is 11.4 Å². The van der Waals surface area contributed by atoms with Gasteiger partial charge in [0.25, 0.3) is 5.56 Å². The van der Waals surface area contributed by atoms with Gasteiger partial charge < -0.3 is 5.84 Å². The van der Waals surface area contributed by atoms with Gasteiger partial charge in [-0.25, -0.2) is 9.47 Å². The Labute approximate surface area is 76.6 Å². The predicted molar refractivity (Wildman–Crippen MR) is 51.5 cm³/mol. The van der Waals surface area contributed by atoms with Gasteiger partial charge in [0.1, 0.15) is 4.70 Å². The lowest BCUT2D eigenvalue weighted by Gasteiger charge is -2.01.